The van der Waals surface area contributed by atoms with Gasteiger partial charge in [0.05, 0.1) is 10.6 Å². The van der Waals surface area contributed by atoms with Gasteiger partial charge in [-0.15, -0.1) is 0 Å². The van der Waals surface area contributed by atoms with E-state index < -0.39 is 28.5 Å². The van der Waals surface area contributed by atoms with Gasteiger partial charge >= 0.3 is 0 Å². The summed E-state index contributed by atoms with van der Waals surface area (Å²) in [6.07, 6.45) is 2.32. The number of aryl methyl sites for hydroxylation is 1. The second-order valence-corrected chi connectivity index (χ2v) is 11.1. The first-order chi connectivity index (χ1) is 18.3. The number of sulfonamides is 1. The minimum atomic E-state index is -4.05. The SMILES string of the molecule is CCCCNC(=O)[C@@H](C)N(CCc1ccccc1)C(=O)CN(c1ccccc1C)S(=O)(=O)c1ccccc1. The number of hydrogen-bond donors (Lipinski definition) is 1. The summed E-state index contributed by atoms with van der Waals surface area (Å²) in [4.78, 5) is 28.4. The third-order valence-electron chi connectivity index (χ3n) is 6.48. The van der Waals surface area contributed by atoms with E-state index in [2.05, 4.69) is 5.32 Å². The second-order valence-electron chi connectivity index (χ2n) is 9.25. The lowest BCUT2D eigenvalue weighted by molar-refractivity contribution is -0.138. The van der Waals surface area contributed by atoms with E-state index in [4.69, 9.17) is 0 Å². The van der Waals surface area contributed by atoms with Crippen LogP contribution in [0.15, 0.2) is 89.8 Å². The maximum Gasteiger partial charge on any atom is 0.264 e. The molecule has 0 saturated carbocycles. The normalized spacial score (nSPS) is 12.0. The molecule has 0 aliphatic rings. The Bertz CT molecular complexity index is 1300. The number of para-hydroxylation sites is 1. The predicted octanol–water partition coefficient (Wildman–Crippen LogP) is 4.57. The molecule has 202 valence electrons. The van der Waals surface area contributed by atoms with Crippen LogP contribution in [0, 0.1) is 6.92 Å². The number of anilines is 1. The lowest BCUT2D eigenvalue weighted by Crippen LogP contribution is -2.52. The number of nitrogens with zero attached hydrogens (tertiary/aromatic N) is 2. The van der Waals surface area contributed by atoms with E-state index in [1.165, 1.54) is 17.0 Å². The molecule has 0 fully saturated rings. The molecule has 0 bridgehead atoms. The lowest BCUT2D eigenvalue weighted by atomic mass is 10.1. The van der Waals surface area contributed by atoms with Crippen LogP contribution in [-0.2, 0) is 26.0 Å². The molecule has 38 heavy (non-hydrogen) atoms. The Kier molecular flexibility index (Phi) is 10.5. The van der Waals surface area contributed by atoms with Crippen molar-refractivity contribution in [2.75, 3.05) is 23.9 Å². The van der Waals surface area contributed by atoms with Gasteiger partial charge in [0.2, 0.25) is 11.8 Å². The van der Waals surface area contributed by atoms with Gasteiger partial charge in [0.1, 0.15) is 12.6 Å². The molecule has 0 spiro atoms. The lowest BCUT2D eigenvalue weighted by Gasteiger charge is -2.32. The summed E-state index contributed by atoms with van der Waals surface area (Å²) in [7, 11) is -4.05. The minimum Gasteiger partial charge on any atom is -0.354 e. The fraction of sp³-hybridized carbons (Fsp3) is 0.333. The Morgan fingerprint density at radius 1 is 0.895 bits per heavy atom. The predicted molar refractivity (Wildman–Crippen MR) is 151 cm³/mol. The molecule has 0 aliphatic heterocycles. The average Bonchev–Trinajstić information content (AvgIpc) is 2.93. The zero-order valence-corrected chi connectivity index (χ0v) is 23.2. The maximum atomic E-state index is 13.9. The van der Waals surface area contributed by atoms with Crippen LogP contribution >= 0.6 is 0 Å². The molecule has 0 aromatic heterocycles. The Labute approximate surface area is 226 Å². The van der Waals surface area contributed by atoms with Gasteiger partial charge in [-0.3, -0.25) is 13.9 Å². The first-order valence-electron chi connectivity index (χ1n) is 13.0. The second kappa shape index (κ2) is 13.8. The van der Waals surface area contributed by atoms with Crippen LogP contribution in [0.5, 0.6) is 0 Å². The van der Waals surface area contributed by atoms with Crippen molar-refractivity contribution in [3.05, 3.63) is 96.1 Å². The van der Waals surface area contributed by atoms with Crippen LogP contribution < -0.4 is 9.62 Å². The van der Waals surface area contributed by atoms with Gasteiger partial charge < -0.3 is 10.2 Å². The Morgan fingerprint density at radius 2 is 1.50 bits per heavy atom. The standard InChI is InChI=1S/C30H37N3O4S/c1-4-5-21-31-30(35)25(3)32(22-20-26-15-8-6-9-16-26)29(34)23-33(28-19-13-12-14-24(28)2)38(36,37)27-17-10-7-11-18-27/h6-19,25H,4-5,20-23H2,1-3H3,(H,31,35)/t25-/m1/s1. The van der Waals surface area contributed by atoms with Crippen molar-refractivity contribution in [3.8, 4) is 0 Å². The molecule has 3 aromatic rings. The topological polar surface area (TPSA) is 86.8 Å². The van der Waals surface area contributed by atoms with Gasteiger partial charge in [-0.1, -0.05) is 80.1 Å². The molecule has 7 nitrogen and oxygen atoms in total. The van der Waals surface area contributed by atoms with Crippen molar-refractivity contribution < 1.29 is 18.0 Å². The zero-order valence-electron chi connectivity index (χ0n) is 22.3. The molecule has 1 N–H and O–H groups in total. The van der Waals surface area contributed by atoms with Gasteiger partial charge in [0.15, 0.2) is 0 Å². The fourth-order valence-electron chi connectivity index (χ4n) is 4.18. The van der Waals surface area contributed by atoms with Crippen LogP contribution in [0.3, 0.4) is 0 Å². The number of amides is 2. The summed E-state index contributed by atoms with van der Waals surface area (Å²) in [6.45, 7) is 5.91. The third kappa shape index (κ3) is 7.44. The largest absolute Gasteiger partial charge is 0.354 e. The van der Waals surface area contributed by atoms with Crippen molar-refractivity contribution in [2.24, 2.45) is 0 Å². The van der Waals surface area contributed by atoms with Crippen molar-refractivity contribution in [2.45, 2.75) is 51.0 Å². The molecule has 0 aliphatic carbocycles. The van der Waals surface area contributed by atoms with E-state index in [9.17, 15) is 18.0 Å². The molecule has 8 heteroatoms. The minimum absolute atomic E-state index is 0.0947. The molecular weight excluding hydrogens is 498 g/mol. The first-order valence-corrected chi connectivity index (χ1v) is 14.4. The van der Waals surface area contributed by atoms with Crippen molar-refractivity contribution >= 4 is 27.5 Å². The number of carbonyl (C=O) groups is 2. The van der Waals surface area contributed by atoms with Gasteiger partial charge in [-0.2, -0.15) is 0 Å². The fourth-order valence-corrected chi connectivity index (χ4v) is 5.68. The number of nitrogens with one attached hydrogen (secondary N) is 1. The molecule has 1 atom stereocenters. The summed E-state index contributed by atoms with van der Waals surface area (Å²) in [6, 6.07) is 24.1. The first kappa shape index (κ1) is 28.9. The molecule has 0 heterocycles. The summed E-state index contributed by atoms with van der Waals surface area (Å²) in [5.74, 6) is -0.699. The molecule has 0 saturated heterocycles. The van der Waals surface area contributed by atoms with E-state index in [0.29, 0.717) is 18.7 Å². The van der Waals surface area contributed by atoms with E-state index in [-0.39, 0.29) is 17.3 Å². The third-order valence-corrected chi connectivity index (χ3v) is 8.25. The number of unbranched alkanes of at least 4 members (excludes halogenated alkanes) is 1. The zero-order chi connectivity index (χ0) is 27.5. The van der Waals surface area contributed by atoms with Crippen molar-refractivity contribution in [3.63, 3.8) is 0 Å². The summed E-state index contributed by atoms with van der Waals surface area (Å²) in [5.41, 5.74) is 2.17. The highest BCUT2D eigenvalue weighted by molar-refractivity contribution is 7.92. The van der Waals surface area contributed by atoms with Gasteiger partial charge in [-0.05, 0) is 56.0 Å². The number of benzene rings is 3. The molecule has 3 aromatic carbocycles. The number of carbonyl (C=O) groups excluding carboxylic acids is 2. The Balaban J connectivity index is 1.94. The summed E-state index contributed by atoms with van der Waals surface area (Å²) in [5, 5.41) is 2.90. The van der Waals surface area contributed by atoms with Crippen LogP contribution in [0.2, 0.25) is 0 Å². The summed E-state index contributed by atoms with van der Waals surface area (Å²) >= 11 is 0. The van der Waals surface area contributed by atoms with Crippen LogP contribution in [-0.4, -0.2) is 50.8 Å². The van der Waals surface area contributed by atoms with Gasteiger partial charge in [0.25, 0.3) is 10.0 Å². The van der Waals surface area contributed by atoms with Crippen molar-refractivity contribution in [1.29, 1.82) is 0 Å². The summed E-state index contributed by atoms with van der Waals surface area (Å²) < 4.78 is 28.7. The highest BCUT2D eigenvalue weighted by Gasteiger charge is 2.32. The molecule has 2 amide bonds. The smallest absolute Gasteiger partial charge is 0.264 e. The van der Waals surface area contributed by atoms with E-state index in [1.54, 1.807) is 37.3 Å². The van der Waals surface area contributed by atoms with Crippen molar-refractivity contribution in [1.82, 2.24) is 10.2 Å². The van der Waals surface area contributed by atoms with Gasteiger partial charge in [-0.25, -0.2) is 8.42 Å². The van der Waals surface area contributed by atoms with E-state index >= 15 is 0 Å². The molecular formula is C30H37N3O4S. The highest BCUT2D eigenvalue weighted by atomic mass is 32.2. The Morgan fingerprint density at radius 3 is 2.13 bits per heavy atom. The van der Waals surface area contributed by atoms with Crippen LogP contribution in [0.4, 0.5) is 5.69 Å². The van der Waals surface area contributed by atoms with Crippen LogP contribution in [0.1, 0.15) is 37.8 Å². The Hall–Kier alpha value is -3.65. The highest BCUT2D eigenvalue weighted by Crippen LogP contribution is 2.27. The molecule has 0 unspecified atom stereocenters. The average molecular weight is 536 g/mol. The van der Waals surface area contributed by atoms with E-state index in [0.717, 1.165) is 28.3 Å². The number of rotatable bonds is 13. The van der Waals surface area contributed by atoms with Crippen LogP contribution in [0.25, 0.3) is 0 Å². The van der Waals surface area contributed by atoms with E-state index in [1.807, 2.05) is 56.3 Å². The quantitative estimate of drug-likeness (QED) is 0.325. The van der Waals surface area contributed by atoms with Gasteiger partial charge in [0, 0.05) is 13.1 Å². The number of hydrogen-bond acceptors (Lipinski definition) is 4. The monoisotopic (exact) mass is 535 g/mol. The maximum absolute atomic E-state index is 13.9. The molecule has 0 radical (unpaired) electrons. The molecule has 3 rings (SSSR count).